The fraction of sp³-hybridized carbons (Fsp3) is 0.650. The van der Waals surface area contributed by atoms with E-state index in [1.807, 2.05) is 19.2 Å². The number of H-pyrrole nitrogens is 1. The molecule has 2 unspecified atom stereocenters. The maximum atomic E-state index is 6.01. The zero-order chi connectivity index (χ0) is 19.4. The van der Waals surface area contributed by atoms with Gasteiger partial charge >= 0.3 is 0 Å². The average Bonchev–Trinajstić information content (AvgIpc) is 3.47. The number of hydrogen-bond acceptors (Lipinski definition) is 5. The van der Waals surface area contributed by atoms with Crippen LogP contribution in [0.1, 0.15) is 44.9 Å². The third-order valence-corrected chi connectivity index (χ3v) is 6.15. The zero-order valence-corrected chi connectivity index (χ0v) is 16.7. The fourth-order valence-corrected chi connectivity index (χ4v) is 4.67. The number of rotatable bonds is 7. The van der Waals surface area contributed by atoms with E-state index in [9.17, 15) is 0 Å². The maximum Gasteiger partial charge on any atom is 0.216 e. The van der Waals surface area contributed by atoms with E-state index in [-0.39, 0.29) is 5.41 Å². The Labute approximate surface area is 165 Å². The first-order valence-corrected chi connectivity index (χ1v) is 10.3. The van der Waals surface area contributed by atoms with Crippen molar-refractivity contribution in [1.29, 1.82) is 0 Å². The summed E-state index contributed by atoms with van der Waals surface area (Å²) in [5.74, 6) is 2.92. The van der Waals surface area contributed by atoms with Gasteiger partial charge in [-0.25, -0.2) is 4.98 Å². The summed E-state index contributed by atoms with van der Waals surface area (Å²) in [5, 5.41) is 14.2. The van der Waals surface area contributed by atoms with Crippen LogP contribution in [0.2, 0.25) is 0 Å². The molecule has 2 fully saturated rings. The molecule has 2 saturated carbocycles. The number of guanidine groups is 1. The molecule has 8 heteroatoms. The van der Waals surface area contributed by atoms with E-state index in [4.69, 9.17) is 9.15 Å². The molecule has 2 atom stereocenters. The molecular formula is C20H30N6O2. The molecule has 4 rings (SSSR count). The molecule has 152 valence electrons. The van der Waals surface area contributed by atoms with Crippen molar-refractivity contribution in [3.8, 4) is 11.6 Å². The quantitative estimate of drug-likeness (QED) is 0.499. The average molecular weight is 387 g/mol. The van der Waals surface area contributed by atoms with Crippen LogP contribution in [-0.2, 0) is 11.2 Å². The Bertz CT molecular complexity index is 778. The molecule has 1 spiro atoms. The molecule has 2 aliphatic carbocycles. The van der Waals surface area contributed by atoms with E-state index in [0.717, 1.165) is 37.8 Å². The summed E-state index contributed by atoms with van der Waals surface area (Å²) in [6.45, 7) is 3.61. The van der Waals surface area contributed by atoms with Crippen molar-refractivity contribution in [3.63, 3.8) is 0 Å². The molecule has 0 radical (unpaired) electrons. The van der Waals surface area contributed by atoms with Gasteiger partial charge in [-0.3, -0.25) is 10.1 Å². The molecule has 2 aliphatic rings. The minimum Gasteiger partial charge on any atom is -0.461 e. The van der Waals surface area contributed by atoms with E-state index in [1.54, 1.807) is 6.26 Å². The van der Waals surface area contributed by atoms with Crippen LogP contribution >= 0.6 is 0 Å². The summed E-state index contributed by atoms with van der Waals surface area (Å²) < 4.78 is 11.3. The third-order valence-electron chi connectivity index (χ3n) is 6.15. The van der Waals surface area contributed by atoms with E-state index in [0.29, 0.717) is 23.7 Å². The number of ether oxygens (including phenoxy) is 1. The second-order valence-electron chi connectivity index (χ2n) is 7.65. The Morgan fingerprint density at radius 3 is 3.00 bits per heavy atom. The van der Waals surface area contributed by atoms with Gasteiger partial charge in [-0.2, -0.15) is 5.10 Å². The van der Waals surface area contributed by atoms with E-state index >= 15 is 0 Å². The minimum absolute atomic E-state index is 0.288. The van der Waals surface area contributed by atoms with Gasteiger partial charge in [0.25, 0.3) is 0 Å². The molecule has 0 aliphatic heterocycles. The van der Waals surface area contributed by atoms with Crippen molar-refractivity contribution >= 4 is 5.96 Å². The molecule has 0 aromatic carbocycles. The summed E-state index contributed by atoms with van der Waals surface area (Å²) in [7, 11) is 1.82. The van der Waals surface area contributed by atoms with Gasteiger partial charge in [0, 0.05) is 38.1 Å². The summed E-state index contributed by atoms with van der Waals surface area (Å²) in [6, 6.07) is 4.12. The standard InChI is InChI=1S/C20H30N6O2/c1-3-27-16-13-15(20(16)9-4-5-10-20)23-19(21-2)22-11-8-17-24-18(26-25-17)14-7-6-12-28-14/h6-7,12,15-16H,3-5,8-11,13H2,1-2H3,(H2,21,22,23)(H,24,25,26). The van der Waals surface area contributed by atoms with Crippen LogP contribution in [0.5, 0.6) is 0 Å². The fourth-order valence-electron chi connectivity index (χ4n) is 4.67. The first-order valence-electron chi connectivity index (χ1n) is 10.3. The highest BCUT2D eigenvalue weighted by atomic mass is 16.5. The number of aliphatic imine (C=N–C) groups is 1. The van der Waals surface area contributed by atoms with Gasteiger partial charge in [-0.15, -0.1) is 0 Å². The molecule has 0 saturated heterocycles. The van der Waals surface area contributed by atoms with Crippen LogP contribution in [0.3, 0.4) is 0 Å². The number of nitrogens with one attached hydrogen (secondary N) is 3. The highest BCUT2D eigenvalue weighted by Crippen LogP contribution is 2.54. The number of furan rings is 1. The van der Waals surface area contributed by atoms with Gasteiger partial charge in [0.15, 0.2) is 11.7 Å². The van der Waals surface area contributed by atoms with Crippen molar-refractivity contribution in [2.24, 2.45) is 10.4 Å². The lowest BCUT2D eigenvalue weighted by Gasteiger charge is -2.54. The molecule has 3 N–H and O–H groups in total. The van der Waals surface area contributed by atoms with Gasteiger partial charge in [-0.1, -0.05) is 12.8 Å². The molecule has 0 amide bonds. The van der Waals surface area contributed by atoms with Crippen LogP contribution in [-0.4, -0.2) is 53.5 Å². The summed E-state index contributed by atoms with van der Waals surface area (Å²) in [4.78, 5) is 8.88. The van der Waals surface area contributed by atoms with Crippen molar-refractivity contribution in [1.82, 2.24) is 25.8 Å². The number of nitrogens with zero attached hydrogens (tertiary/aromatic N) is 3. The smallest absolute Gasteiger partial charge is 0.216 e. The van der Waals surface area contributed by atoms with Gasteiger partial charge < -0.3 is 19.8 Å². The Hall–Kier alpha value is -2.35. The van der Waals surface area contributed by atoms with Crippen molar-refractivity contribution < 1.29 is 9.15 Å². The zero-order valence-electron chi connectivity index (χ0n) is 16.7. The lowest BCUT2D eigenvalue weighted by atomic mass is 9.60. The maximum absolute atomic E-state index is 6.01. The lowest BCUT2D eigenvalue weighted by molar-refractivity contribution is -0.125. The highest BCUT2D eigenvalue weighted by Gasteiger charge is 2.56. The number of aromatic amines is 1. The Morgan fingerprint density at radius 2 is 2.29 bits per heavy atom. The molecule has 2 heterocycles. The van der Waals surface area contributed by atoms with Crippen molar-refractivity contribution in [2.45, 2.75) is 57.6 Å². The molecule has 2 aromatic rings. The van der Waals surface area contributed by atoms with Gasteiger partial charge in [0.1, 0.15) is 5.82 Å². The molecular weight excluding hydrogens is 356 g/mol. The van der Waals surface area contributed by atoms with Crippen LogP contribution < -0.4 is 10.6 Å². The third kappa shape index (κ3) is 3.65. The van der Waals surface area contributed by atoms with Crippen molar-refractivity contribution in [3.05, 3.63) is 24.2 Å². The lowest BCUT2D eigenvalue weighted by Crippen LogP contribution is -2.65. The van der Waals surface area contributed by atoms with E-state index in [2.05, 4.69) is 37.7 Å². The molecule has 0 bridgehead atoms. The predicted octanol–water partition coefficient (Wildman–Crippen LogP) is 2.51. The number of aromatic nitrogens is 3. The van der Waals surface area contributed by atoms with Gasteiger partial charge in [-0.05, 0) is 38.3 Å². The first kappa shape index (κ1) is 19.0. The van der Waals surface area contributed by atoms with E-state index < -0.39 is 0 Å². The van der Waals surface area contributed by atoms with Crippen LogP contribution in [0.15, 0.2) is 27.8 Å². The normalized spacial score (nSPS) is 23.7. The number of hydrogen-bond donors (Lipinski definition) is 3. The highest BCUT2D eigenvalue weighted by molar-refractivity contribution is 5.80. The summed E-state index contributed by atoms with van der Waals surface area (Å²) >= 11 is 0. The van der Waals surface area contributed by atoms with Gasteiger partial charge in [0.2, 0.25) is 5.82 Å². The Kier molecular flexibility index (Phi) is 5.66. The predicted molar refractivity (Wildman–Crippen MR) is 107 cm³/mol. The van der Waals surface area contributed by atoms with Crippen molar-refractivity contribution in [2.75, 3.05) is 20.2 Å². The van der Waals surface area contributed by atoms with Crippen LogP contribution in [0.4, 0.5) is 0 Å². The largest absolute Gasteiger partial charge is 0.461 e. The van der Waals surface area contributed by atoms with Crippen LogP contribution in [0.25, 0.3) is 11.6 Å². The molecule has 8 nitrogen and oxygen atoms in total. The summed E-state index contributed by atoms with van der Waals surface area (Å²) in [5.41, 5.74) is 0.288. The van der Waals surface area contributed by atoms with Crippen LogP contribution in [0, 0.1) is 5.41 Å². The summed E-state index contributed by atoms with van der Waals surface area (Å²) in [6.07, 6.45) is 8.91. The second-order valence-corrected chi connectivity index (χ2v) is 7.65. The monoisotopic (exact) mass is 386 g/mol. The SMILES string of the molecule is CCOC1CC(NC(=NC)NCCc2nc(-c3ccco3)n[nH]2)C12CCCC2. The molecule has 28 heavy (non-hydrogen) atoms. The molecule has 2 aromatic heterocycles. The minimum atomic E-state index is 0.288. The first-order chi connectivity index (χ1) is 13.7. The Balaban J connectivity index is 1.27. The Morgan fingerprint density at radius 1 is 1.43 bits per heavy atom. The van der Waals surface area contributed by atoms with Gasteiger partial charge in [0.05, 0.1) is 12.4 Å². The topological polar surface area (TPSA) is 100 Å². The van der Waals surface area contributed by atoms with E-state index in [1.165, 1.54) is 25.7 Å². The second kappa shape index (κ2) is 8.34.